The summed E-state index contributed by atoms with van der Waals surface area (Å²) in [5.74, 6) is 0.254. The Hall–Kier alpha value is -1.32. The van der Waals surface area contributed by atoms with E-state index in [9.17, 15) is 4.79 Å². The molecule has 4 heteroatoms. The first-order valence-electron chi connectivity index (χ1n) is 4.04. The van der Waals surface area contributed by atoms with Crippen molar-refractivity contribution in [3.05, 3.63) is 45.3 Å². The predicted octanol–water partition coefficient (Wildman–Crippen LogP) is 1.94. The van der Waals surface area contributed by atoms with E-state index in [4.69, 9.17) is 21.1 Å². The van der Waals surface area contributed by atoms with Crippen molar-refractivity contribution in [2.24, 2.45) is 0 Å². The Morgan fingerprint density at radius 3 is 2.86 bits per heavy atom. The van der Waals surface area contributed by atoms with Gasteiger partial charge in [0.05, 0.1) is 5.39 Å². The minimum Gasteiger partial charge on any atom is -0.458 e. The highest BCUT2D eigenvalue weighted by Crippen LogP contribution is 2.17. The second-order valence-electron chi connectivity index (χ2n) is 2.88. The van der Waals surface area contributed by atoms with Crippen molar-refractivity contribution < 1.29 is 9.52 Å². The summed E-state index contributed by atoms with van der Waals surface area (Å²) in [5.41, 5.74) is 0.240. The van der Waals surface area contributed by atoms with Crippen molar-refractivity contribution in [2.75, 3.05) is 0 Å². The third-order valence-corrected chi connectivity index (χ3v) is 2.13. The number of rotatable bonds is 1. The first-order valence-corrected chi connectivity index (χ1v) is 4.41. The van der Waals surface area contributed by atoms with Gasteiger partial charge in [0.1, 0.15) is 18.0 Å². The molecule has 14 heavy (non-hydrogen) atoms. The lowest BCUT2D eigenvalue weighted by atomic mass is 10.2. The van der Waals surface area contributed by atoms with E-state index < -0.39 is 0 Å². The van der Waals surface area contributed by atoms with Gasteiger partial charge in [-0.25, -0.2) is 0 Å². The number of halogens is 1. The highest BCUT2D eigenvalue weighted by molar-refractivity contribution is 6.31. The zero-order valence-electron chi connectivity index (χ0n) is 7.16. The number of benzene rings is 1. The van der Waals surface area contributed by atoms with Crippen molar-refractivity contribution >= 4 is 22.6 Å². The fourth-order valence-electron chi connectivity index (χ4n) is 1.26. The van der Waals surface area contributed by atoms with E-state index in [1.165, 1.54) is 6.07 Å². The van der Waals surface area contributed by atoms with Gasteiger partial charge in [0, 0.05) is 11.1 Å². The van der Waals surface area contributed by atoms with Crippen LogP contribution in [0.1, 0.15) is 5.76 Å². The molecule has 0 saturated heterocycles. The fraction of sp³-hybridized carbons (Fsp3) is 0.100. The van der Waals surface area contributed by atoms with Crippen molar-refractivity contribution in [2.45, 2.75) is 6.61 Å². The Kier molecular flexibility index (Phi) is 2.27. The van der Waals surface area contributed by atoms with Crippen LogP contribution in [0.3, 0.4) is 0 Å². The molecule has 0 spiro atoms. The average molecular weight is 211 g/mol. The summed E-state index contributed by atoms with van der Waals surface area (Å²) < 4.78 is 5.24. The zero-order chi connectivity index (χ0) is 10.1. The first kappa shape index (κ1) is 9.24. The molecule has 3 nitrogen and oxygen atoms in total. The van der Waals surface area contributed by atoms with Gasteiger partial charge in [-0.3, -0.25) is 4.79 Å². The van der Waals surface area contributed by atoms with Gasteiger partial charge in [-0.05, 0) is 18.2 Å². The molecule has 0 aliphatic heterocycles. The normalized spacial score (nSPS) is 10.7. The van der Waals surface area contributed by atoms with Gasteiger partial charge in [-0.15, -0.1) is 0 Å². The van der Waals surface area contributed by atoms with Crippen LogP contribution in [0.25, 0.3) is 11.0 Å². The number of aliphatic hydroxyl groups excluding tert-OH is 1. The molecule has 0 aliphatic rings. The van der Waals surface area contributed by atoms with E-state index in [1.807, 2.05) is 0 Å². The average Bonchev–Trinajstić information content (AvgIpc) is 2.19. The maximum atomic E-state index is 11.5. The van der Waals surface area contributed by atoms with Crippen LogP contribution < -0.4 is 5.43 Å². The Morgan fingerprint density at radius 2 is 2.14 bits per heavy atom. The van der Waals surface area contributed by atoms with Gasteiger partial charge in [-0.1, -0.05) is 11.6 Å². The minimum atomic E-state index is -0.284. The van der Waals surface area contributed by atoms with E-state index in [2.05, 4.69) is 0 Å². The molecule has 0 bridgehead atoms. The predicted molar refractivity (Wildman–Crippen MR) is 53.4 cm³/mol. The Balaban J connectivity index is 2.83. The summed E-state index contributed by atoms with van der Waals surface area (Å²) >= 11 is 5.73. The van der Waals surface area contributed by atoms with Crippen LogP contribution in [0.4, 0.5) is 0 Å². The van der Waals surface area contributed by atoms with Crippen molar-refractivity contribution in [1.29, 1.82) is 0 Å². The van der Waals surface area contributed by atoms with E-state index in [1.54, 1.807) is 18.2 Å². The summed E-state index contributed by atoms with van der Waals surface area (Å²) in [4.78, 5) is 11.5. The molecule has 1 heterocycles. The lowest BCUT2D eigenvalue weighted by molar-refractivity contribution is 0.249. The maximum absolute atomic E-state index is 11.5. The van der Waals surface area contributed by atoms with Crippen LogP contribution in [0.2, 0.25) is 5.02 Å². The van der Waals surface area contributed by atoms with E-state index in [0.717, 1.165) is 0 Å². The molecule has 0 aliphatic carbocycles. The van der Waals surface area contributed by atoms with E-state index in [0.29, 0.717) is 16.0 Å². The van der Waals surface area contributed by atoms with Gasteiger partial charge >= 0.3 is 0 Å². The lowest BCUT2D eigenvalue weighted by Gasteiger charge is -1.99. The van der Waals surface area contributed by atoms with Gasteiger partial charge in [0.2, 0.25) is 0 Å². The molecule has 0 fully saturated rings. The van der Waals surface area contributed by atoms with Crippen LogP contribution in [-0.4, -0.2) is 5.11 Å². The number of fused-ring (bicyclic) bond motifs is 1. The molecule has 0 amide bonds. The molecule has 1 N–H and O–H groups in total. The molecule has 72 valence electrons. The van der Waals surface area contributed by atoms with Crippen LogP contribution in [0.5, 0.6) is 0 Å². The van der Waals surface area contributed by atoms with E-state index in [-0.39, 0.29) is 17.8 Å². The summed E-state index contributed by atoms with van der Waals surface area (Å²) in [6.45, 7) is -0.284. The first-order chi connectivity index (χ1) is 6.70. The molecule has 1 aromatic carbocycles. The van der Waals surface area contributed by atoms with Gasteiger partial charge in [0.25, 0.3) is 0 Å². The molecule has 2 aromatic rings. The summed E-state index contributed by atoms with van der Waals surface area (Å²) in [6, 6.07) is 6.05. The summed E-state index contributed by atoms with van der Waals surface area (Å²) in [5, 5.41) is 9.73. The largest absolute Gasteiger partial charge is 0.458 e. The monoisotopic (exact) mass is 210 g/mol. The second kappa shape index (κ2) is 3.44. The number of aliphatic hydroxyl groups is 1. The standard InChI is InChI=1S/C10H7ClO3/c11-6-1-2-10-8(3-6)9(13)4-7(5-12)14-10/h1-4,12H,5H2. The molecular weight excluding hydrogens is 204 g/mol. The second-order valence-corrected chi connectivity index (χ2v) is 3.31. The Morgan fingerprint density at radius 1 is 1.36 bits per heavy atom. The van der Waals surface area contributed by atoms with Crippen LogP contribution in [0, 0.1) is 0 Å². The van der Waals surface area contributed by atoms with Gasteiger partial charge in [0.15, 0.2) is 5.43 Å². The summed E-state index contributed by atoms with van der Waals surface area (Å²) in [6.07, 6.45) is 0. The summed E-state index contributed by atoms with van der Waals surface area (Å²) in [7, 11) is 0. The Bertz CT molecular complexity index is 530. The molecule has 0 atom stereocenters. The lowest BCUT2D eigenvalue weighted by Crippen LogP contribution is -2.01. The Labute approximate surface area is 84.5 Å². The SMILES string of the molecule is O=c1cc(CO)oc2ccc(Cl)cc12. The van der Waals surface area contributed by atoms with Crippen LogP contribution in [-0.2, 0) is 6.61 Å². The fourth-order valence-corrected chi connectivity index (χ4v) is 1.43. The van der Waals surface area contributed by atoms with E-state index >= 15 is 0 Å². The third kappa shape index (κ3) is 1.52. The van der Waals surface area contributed by atoms with Crippen LogP contribution >= 0.6 is 11.6 Å². The highest BCUT2D eigenvalue weighted by Gasteiger charge is 2.04. The van der Waals surface area contributed by atoms with Gasteiger partial charge in [-0.2, -0.15) is 0 Å². The smallest absolute Gasteiger partial charge is 0.193 e. The number of hydrogen-bond acceptors (Lipinski definition) is 3. The maximum Gasteiger partial charge on any atom is 0.193 e. The van der Waals surface area contributed by atoms with Crippen molar-refractivity contribution in [3.8, 4) is 0 Å². The molecule has 0 saturated carbocycles. The zero-order valence-corrected chi connectivity index (χ0v) is 7.91. The molecule has 1 aromatic heterocycles. The van der Waals surface area contributed by atoms with Gasteiger partial charge < -0.3 is 9.52 Å². The molecular formula is C10H7ClO3. The van der Waals surface area contributed by atoms with Crippen molar-refractivity contribution in [3.63, 3.8) is 0 Å². The van der Waals surface area contributed by atoms with Crippen LogP contribution in [0.15, 0.2) is 33.5 Å². The minimum absolute atomic E-state index is 0.196. The van der Waals surface area contributed by atoms with Crippen molar-refractivity contribution in [1.82, 2.24) is 0 Å². The highest BCUT2D eigenvalue weighted by atomic mass is 35.5. The molecule has 0 radical (unpaired) electrons. The quantitative estimate of drug-likeness (QED) is 0.783. The molecule has 2 rings (SSSR count). The number of hydrogen-bond donors (Lipinski definition) is 1. The molecule has 0 unspecified atom stereocenters. The third-order valence-electron chi connectivity index (χ3n) is 1.90. The topological polar surface area (TPSA) is 50.4 Å².